The number of halogens is 4. The zero-order valence-corrected chi connectivity index (χ0v) is 14.9. The average Bonchev–Trinajstić information content (AvgIpc) is 2.59. The number of benzene rings is 1. The van der Waals surface area contributed by atoms with E-state index in [1.807, 2.05) is 0 Å². The smallest absolute Gasteiger partial charge is 0.253 e. The number of pyridine rings is 1. The molecular weight excluding hydrogens is 371 g/mol. The number of aromatic nitrogens is 1. The van der Waals surface area contributed by atoms with Crippen molar-refractivity contribution in [1.29, 1.82) is 0 Å². The third-order valence-corrected chi connectivity index (χ3v) is 4.09. The van der Waals surface area contributed by atoms with E-state index in [-0.39, 0.29) is 42.7 Å². The average molecular weight is 390 g/mol. The van der Waals surface area contributed by atoms with Gasteiger partial charge in [0.2, 0.25) is 0 Å². The van der Waals surface area contributed by atoms with Gasteiger partial charge in [0, 0.05) is 30.9 Å². The summed E-state index contributed by atoms with van der Waals surface area (Å²) >= 11 is 0. The number of nitrogens with zero attached hydrogens (tertiary/aromatic N) is 1. The van der Waals surface area contributed by atoms with Crippen LogP contribution in [0.4, 0.5) is 8.78 Å². The van der Waals surface area contributed by atoms with Gasteiger partial charge in [-0.25, -0.2) is 8.78 Å². The normalized spacial score (nSPS) is 19.3. The predicted octanol–water partition coefficient (Wildman–Crippen LogP) is 3.08. The minimum Gasteiger partial charge on any atom is -0.347 e. The van der Waals surface area contributed by atoms with Gasteiger partial charge in [-0.15, -0.1) is 24.8 Å². The summed E-state index contributed by atoms with van der Waals surface area (Å²) in [6.07, 6.45) is 3.84. The number of carbonyl (C=O) groups is 1. The summed E-state index contributed by atoms with van der Waals surface area (Å²) in [5.41, 5.74) is 1.17. The molecule has 136 valence electrons. The van der Waals surface area contributed by atoms with E-state index in [2.05, 4.69) is 15.6 Å². The van der Waals surface area contributed by atoms with Gasteiger partial charge in [-0.05, 0) is 42.8 Å². The van der Waals surface area contributed by atoms with Gasteiger partial charge in [-0.1, -0.05) is 6.07 Å². The van der Waals surface area contributed by atoms with Crippen LogP contribution in [0, 0.1) is 11.6 Å². The first kappa shape index (κ1) is 21.3. The SMILES string of the molecule is Cl.Cl.O=C(NC1CNCCC1c1ccc(F)c(F)c1)c1cccnc1. The van der Waals surface area contributed by atoms with E-state index >= 15 is 0 Å². The van der Waals surface area contributed by atoms with Crippen LogP contribution in [-0.2, 0) is 0 Å². The first-order valence-electron chi connectivity index (χ1n) is 7.51. The topological polar surface area (TPSA) is 54.0 Å². The Labute approximate surface area is 157 Å². The number of piperidine rings is 1. The van der Waals surface area contributed by atoms with Crippen molar-refractivity contribution in [3.05, 3.63) is 65.5 Å². The van der Waals surface area contributed by atoms with Crippen LogP contribution < -0.4 is 10.6 Å². The highest BCUT2D eigenvalue weighted by Crippen LogP contribution is 2.27. The van der Waals surface area contributed by atoms with E-state index in [4.69, 9.17) is 0 Å². The third kappa shape index (κ3) is 5.11. The van der Waals surface area contributed by atoms with Gasteiger partial charge in [-0.3, -0.25) is 9.78 Å². The summed E-state index contributed by atoms with van der Waals surface area (Å²) in [6, 6.07) is 7.12. The van der Waals surface area contributed by atoms with Gasteiger partial charge < -0.3 is 10.6 Å². The molecule has 0 bridgehead atoms. The van der Waals surface area contributed by atoms with E-state index in [0.717, 1.165) is 19.0 Å². The maximum absolute atomic E-state index is 13.5. The van der Waals surface area contributed by atoms with E-state index in [9.17, 15) is 13.6 Å². The molecule has 25 heavy (non-hydrogen) atoms. The summed E-state index contributed by atoms with van der Waals surface area (Å²) in [4.78, 5) is 16.2. The van der Waals surface area contributed by atoms with Crippen LogP contribution in [0.25, 0.3) is 0 Å². The summed E-state index contributed by atoms with van der Waals surface area (Å²) in [7, 11) is 0. The molecule has 1 fully saturated rings. The Morgan fingerprint density at radius 3 is 2.68 bits per heavy atom. The Morgan fingerprint density at radius 2 is 2.00 bits per heavy atom. The quantitative estimate of drug-likeness (QED) is 0.847. The third-order valence-electron chi connectivity index (χ3n) is 4.09. The van der Waals surface area contributed by atoms with Crippen molar-refractivity contribution in [2.75, 3.05) is 13.1 Å². The molecule has 2 atom stereocenters. The molecule has 2 N–H and O–H groups in total. The number of nitrogens with one attached hydrogen (secondary N) is 2. The molecule has 3 rings (SSSR count). The van der Waals surface area contributed by atoms with Crippen LogP contribution in [0.3, 0.4) is 0 Å². The lowest BCUT2D eigenvalue weighted by atomic mass is 9.86. The molecule has 2 heterocycles. The minimum atomic E-state index is -0.863. The maximum atomic E-state index is 13.5. The van der Waals surface area contributed by atoms with Gasteiger partial charge in [0.05, 0.1) is 5.56 Å². The van der Waals surface area contributed by atoms with Crippen molar-refractivity contribution in [3.8, 4) is 0 Å². The van der Waals surface area contributed by atoms with Crippen LogP contribution >= 0.6 is 24.8 Å². The molecule has 1 aromatic carbocycles. The molecule has 1 amide bonds. The fourth-order valence-corrected chi connectivity index (χ4v) is 2.90. The number of carbonyl (C=O) groups excluding carboxylic acids is 1. The second-order valence-electron chi connectivity index (χ2n) is 5.59. The fraction of sp³-hybridized carbons (Fsp3) is 0.294. The summed E-state index contributed by atoms with van der Waals surface area (Å²) in [6.45, 7) is 1.35. The van der Waals surface area contributed by atoms with E-state index in [1.165, 1.54) is 12.3 Å². The van der Waals surface area contributed by atoms with Crippen molar-refractivity contribution in [1.82, 2.24) is 15.6 Å². The molecule has 2 aromatic rings. The molecule has 1 aliphatic rings. The second-order valence-corrected chi connectivity index (χ2v) is 5.59. The number of hydrogen-bond donors (Lipinski definition) is 2. The van der Waals surface area contributed by atoms with E-state index in [1.54, 1.807) is 24.4 Å². The van der Waals surface area contributed by atoms with E-state index in [0.29, 0.717) is 17.7 Å². The zero-order chi connectivity index (χ0) is 16.2. The van der Waals surface area contributed by atoms with Crippen LogP contribution in [0.1, 0.15) is 28.3 Å². The van der Waals surface area contributed by atoms with Gasteiger partial charge in [0.25, 0.3) is 5.91 Å². The van der Waals surface area contributed by atoms with Gasteiger partial charge in [0.1, 0.15) is 0 Å². The Kier molecular flexibility index (Phi) is 8.22. The van der Waals surface area contributed by atoms with Crippen molar-refractivity contribution in [3.63, 3.8) is 0 Å². The summed E-state index contributed by atoms with van der Waals surface area (Å²) in [5.74, 6) is -2.01. The molecule has 2 unspecified atom stereocenters. The Morgan fingerprint density at radius 1 is 1.20 bits per heavy atom. The molecule has 0 aliphatic carbocycles. The molecule has 0 saturated carbocycles. The van der Waals surface area contributed by atoms with E-state index < -0.39 is 11.6 Å². The van der Waals surface area contributed by atoms with Crippen LogP contribution in [-0.4, -0.2) is 30.0 Å². The number of amides is 1. The Balaban J connectivity index is 0.00000156. The molecule has 0 radical (unpaired) electrons. The van der Waals surface area contributed by atoms with Crippen molar-refractivity contribution in [2.45, 2.75) is 18.4 Å². The largest absolute Gasteiger partial charge is 0.347 e. The van der Waals surface area contributed by atoms with Gasteiger partial charge in [-0.2, -0.15) is 0 Å². The molecule has 8 heteroatoms. The standard InChI is InChI=1S/C17H17F2N3O.2ClH/c18-14-4-3-11(8-15(14)19)13-5-7-21-10-16(13)22-17(23)12-2-1-6-20-9-12;;/h1-4,6,8-9,13,16,21H,5,7,10H2,(H,22,23);2*1H. The maximum Gasteiger partial charge on any atom is 0.253 e. The lowest BCUT2D eigenvalue weighted by Crippen LogP contribution is -2.50. The molecule has 1 aliphatic heterocycles. The highest BCUT2D eigenvalue weighted by Gasteiger charge is 2.28. The fourth-order valence-electron chi connectivity index (χ4n) is 2.90. The Hall–Kier alpha value is -1.76. The highest BCUT2D eigenvalue weighted by atomic mass is 35.5. The molecule has 1 saturated heterocycles. The monoisotopic (exact) mass is 389 g/mol. The molecular formula is C17H19Cl2F2N3O. The highest BCUT2D eigenvalue weighted by molar-refractivity contribution is 5.94. The van der Waals surface area contributed by atoms with Gasteiger partial charge >= 0.3 is 0 Å². The first-order chi connectivity index (χ1) is 11.1. The number of rotatable bonds is 3. The molecule has 0 spiro atoms. The minimum absolute atomic E-state index is 0. The second kappa shape index (κ2) is 9.65. The van der Waals surface area contributed by atoms with Crippen molar-refractivity contribution in [2.24, 2.45) is 0 Å². The lowest BCUT2D eigenvalue weighted by Gasteiger charge is -2.33. The van der Waals surface area contributed by atoms with Crippen LogP contribution in [0.2, 0.25) is 0 Å². The van der Waals surface area contributed by atoms with Crippen LogP contribution in [0.5, 0.6) is 0 Å². The van der Waals surface area contributed by atoms with Gasteiger partial charge in [0.15, 0.2) is 11.6 Å². The first-order valence-corrected chi connectivity index (χ1v) is 7.51. The lowest BCUT2D eigenvalue weighted by molar-refractivity contribution is 0.0924. The molecule has 4 nitrogen and oxygen atoms in total. The van der Waals surface area contributed by atoms with Crippen molar-refractivity contribution >= 4 is 30.7 Å². The number of hydrogen-bond acceptors (Lipinski definition) is 3. The summed E-state index contributed by atoms with van der Waals surface area (Å²) < 4.78 is 26.6. The summed E-state index contributed by atoms with van der Waals surface area (Å²) in [5, 5.41) is 6.18. The molecule has 1 aromatic heterocycles. The zero-order valence-electron chi connectivity index (χ0n) is 13.2. The predicted molar refractivity (Wildman–Crippen MR) is 96.6 cm³/mol. The van der Waals surface area contributed by atoms with Crippen molar-refractivity contribution < 1.29 is 13.6 Å². The Bertz CT molecular complexity index is 704. The van der Waals surface area contributed by atoms with Crippen LogP contribution in [0.15, 0.2) is 42.7 Å².